The van der Waals surface area contributed by atoms with Gasteiger partial charge in [0.2, 0.25) is 0 Å². The molecular formula is C22H24ClN7O2. The first-order chi connectivity index (χ1) is 15.4. The number of carbonyl (C=O) groups is 1. The molecule has 0 spiro atoms. The number of carbonyl (C=O) groups excluding carboxylic acids is 1. The molecule has 0 radical (unpaired) electrons. The minimum atomic E-state index is -0.208. The fourth-order valence-electron chi connectivity index (χ4n) is 3.72. The van der Waals surface area contributed by atoms with Crippen molar-refractivity contribution >= 4 is 46.1 Å². The number of guanidine groups is 1. The molecule has 32 heavy (non-hydrogen) atoms. The molecule has 0 saturated carbocycles. The zero-order valence-electron chi connectivity index (χ0n) is 17.7. The SMILES string of the molecule is COC(=O)CN1CCN(c2ccc(-c3nc(N=C(N)N)nc4ccc(Cl)cc34)cc2)CC1. The number of anilines is 1. The van der Waals surface area contributed by atoms with Gasteiger partial charge in [-0.25, -0.2) is 9.97 Å². The Kier molecular flexibility index (Phi) is 6.38. The topological polar surface area (TPSA) is 123 Å². The van der Waals surface area contributed by atoms with E-state index in [4.69, 9.17) is 27.8 Å². The maximum absolute atomic E-state index is 11.5. The summed E-state index contributed by atoms with van der Waals surface area (Å²) in [5, 5.41) is 1.41. The van der Waals surface area contributed by atoms with Gasteiger partial charge in [0.05, 0.1) is 24.9 Å². The summed E-state index contributed by atoms with van der Waals surface area (Å²) < 4.78 is 4.75. The summed E-state index contributed by atoms with van der Waals surface area (Å²) in [7, 11) is 1.41. The van der Waals surface area contributed by atoms with E-state index in [-0.39, 0.29) is 17.9 Å². The predicted octanol–water partition coefficient (Wildman–Crippen LogP) is 2.15. The maximum Gasteiger partial charge on any atom is 0.319 e. The highest BCUT2D eigenvalue weighted by Crippen LogP contribution is 2.31. The number of hydrogen-bond donors (Lipinski definition) is 2. The molecular weight excluding hydrogens is 430 g/mol. The van der Waals surface area contributed by atoms with Crippen molar-refractivity contribution in [2.75, 3.05) is 44.7 Å². The van der Waals surface area contributed by atoms with Crippen molar-refractivity contribution in [1.82, 2.24) is 14.9 Å². The summed E-state index contributed by atoms with van der Waals surface area (Å²) in [4.78, 5) is 28.8. The minimum absolute atomic E-state index is 0.106. The van der Waals surface area contributed by atoms with Crippen LogP contribution in [0.15, 0.2) is 47.5 Å². The molecule has 1 aromatic heterocycles. The van der Waals surface area contributed by atoms with E-state index in [1.54, 1.807) is 6.07 Å². The molecule has 0 unspecified atom stereocenters. The van der Waals surface area contributed by atoms with Crippen LogP contribution in [0.25, 0.3) is 22.2 Å². The number of nitrogens with two attached hydrogens (primary N) is 2. The van der Waals surface area contributed by atoms with Gasteiger partial charge in [-0.15, -0.1) is 0 Å². The molecule has 1 saturated heterocycles. The Labute approximate surface area is 190 Å². The molecule has 1 aliphatic heterocycles. The summed E-state index contributed by atoms with van der Waals surface area (Å²) in [6.45, 7) is 3.58. The lowest BCUT2D eigenvalue weighted by molar-refractivity contribution is -0.142. The van der Waals surface area contributed by atoms with Crippen molar-refractivity contribution in [2.24, 2.45) is 16.5 Å². The van der Waals surface area contributed by atoms with Crippen LogP contribution < -0.4 is 16.4 Å². The summed E-state index contributed by atoms with van der Waals surface area (Å²) in [6, 6.07) is 13.6. The first-order valence-electron chi connectivity index (χ1n) is 10.1. The molecule has 3 aromatic rings. The first-order valence-corrected chi connectivity index (χ1v) is 10.5. The summed E-state index contributed by atoms with van der Waals surface area (Å²) in [6.07, 6.45) is 0. The molecule has 0 bridgehead atoms. The Morgan fingerprint density at radius 2 is 1.81 bits per heavy atom. The number of methoxy groups -OCH3 is 1. The Morgan fingerprint density at radius 3 is 2.47 bits per heavy atom. The number of fused-ring (bicyclic) bond motifs is 1. The average Bonchev–Trinajstić information content (AvgIpc) is 2.79. The highest BCUT2D eigenvalue weighted by atomic mass is 35.5. The lowest BCUT2D eigenvalue weighted by atomic mass is 10.1. The molecule has 2 heterocycles. The Bertz CT molecular complexity index is 1150. The predicted molar refractivity (Wildman–Crippen MR) is 126 cm³/mol. The van der Waals surface area contributed by atoms with Crippen LogP contribution in [-0.2, 0) is 9.53 Å². The van der Waals surface area contributed by atoms with Gasteiger partial charge in [0.25, 0.3) is 5.95 Å². The van der Waals surface area contributed by atoms with Gasteiger partial charge in [-0.05, 0) is 30.3 Å². The third kappa shape index (κ3) is 4.90. The van der Waals surface area contributed by atoms with E-state index in [0.717, 1.165) is 42.8 Å². The highest BCUT2D eigenvalue weighted by Gasteiger charge is 2.20. The highest BCUT2D eigenvalue weighted by molar-refractivity contribution is 6.31. The van der Waals surface area contributed by atoms with Crippen LogP contribution in [0.4, 0.5) is 11.6 Å². The number of aromatic nitrogens is 2. The number of halogens is 1. The number of rotatable bonds is 5. The zero-order valence-corrected chi connectivity index (χ0v) is 18.4. The maximum atomic E-state index is 11.5. The van der Waals surface area contributed by atoms with Crippen LogP contribution in [0.5, 0.6) is 0 Å². The number of ether oxygens (including phenoxy) is 1. The molecule has 1 aliphatic rings. The number of hydrogen-bond acceptors (Lipinski definition) is 7. The van der Waals surface area contributed by atoms with Crippen molar-refractivity contribution in [3.63, 3.8) is 0 Å². The van der Waals surface area contributed by atoms with Crippen molar-refractivity contribution in [2.45, 2.75) is 0 Å². The van der Waals surface area contributed by atoms with Gasteiger partial charge in [0, 0.05) is 47.8 Å². The zero-order chi connectivity index (χ0) is 22.7. The van der Waals surface area contributed by atoms with E-state index < -0.39 is 0 Å². The number of piperazine rings is 1. The number of esters is 1. The van der Waals surface area contributed by atoms with Gasteiger partial charge in [-0.3, -0.25) is 9.69 Å². The van der Waals surface area contributed by atoms with E-state index in [2.05, 4.69) is 36.9 Å². The monoisotopic (exact) mass is 453 g/mol. The molecule has 0 atom stereocenters. The molecule has 166 valence electrons. The van der Waals surface area contributed by atoms with Crippen LogP contribution >= 0.6 is 11.6 Å². The molecule has 9 nitrogen and oxygen atoms in total. The largest absolute Gasteiger partial charge is 0.468 e. The van der Waals surface area contributed by atoms with Crippen LogP contribution in [0, 0.1) is 0 Å². The number of nitrogens with zero attached hydrogens (tertiary/aromatic N) is 5. The number of benzene rings is 2. The molecule has 4 N–H and O–H groups in total. The van der Waals surface area contributed by atoms with E-state index >= 15 is 0 Å². The minimum Gasteiger partial charge on any atom is -0.468 e. The van der Waals surface area contributed by atoms with Crippen molar-refractivity contribution < 1.29 is 9.53 Å². The lowest BCUT2D eigenvalue weighted by Gasteiger charge is -2.35. The Morgan fingerprint density at radius 1 is 1.09 bits per heavy atom. The van der Waals surface area contributed by atoms with Crippen molar-refractivity contribution in [1.29, 1.82) is 0 Å². The van der Waals surface area contributed by atoms with Gasteiger partial charge in [0.15, 0.2) is 5.96 Å². The third-order valence-electron chi connectivity index (χ3n) is 5.33. The second-order valence-electron chi connectivity index (χ2n) is 7.46. The summed E-state index contributed by atoms with van der Waals surface area (Å²) >= 11 is 6.22. The molecule has 1 fully saturated rings. The van der Waals surface area contributed by atoms with Gasteiger partial charge in [0.1, 0.15) is 0 Å². The summed E-state index contributed by atoms with van der Waals surface area (Å²) in [5.74, 6) is -0.119. The molecule has 4 rings (SSSR count). The van der Waals surface area contributed by atoms with E-state index in [1.807, 2.05) is 24.3 Å². The number of aliphatic imine (C=N–C) groups is 1. The second-order valence-corrected chi connectivity index (χ2v) is 7.89. The van der Waals surface area contributed by atoms with Gasteiger partial charge in [-0.1, -0.05) is 23.7 Å². The molecule has 10 heteroatoms. The molecule has 0 aliphatic carbocycles. The van der Waals surface area contributed by atoms with Crippen LogP contribution in [0.3, 0.4) is 0 Å². The van der Waals surface area contributed by atoms with E-state index in [9.17, 15) is 4.79 Å². The fourth-order valence-corrected chi connectivity index (χ4v) is 3.89. The van der Waals surface area contributed by atoms with Crippen LogP contribution in [0.1, 0.15) is 0 Å². The van der Waals surface area contributed by atoms with Crippen molar-refractivity contribution in [3.8, 4) is 11.3 Å². The smallest absolute Gasteiger partial charge is 0.319 e. The Hall–Kier alpha value is -3.43. The van der Waals surface area contributed by atoms with Gasteiger partial charge >= 0.3 is 5.97 Å². The average molecular weight is 454 g/mol. The van der Waals surface area contributed by atoms with E-state index in [0.29, 0.717) is 22.8 Å². The van der Waals surface area contributed by atoms with Crippen LogP contribution in [0.2, 0.25) is 5.02 Å². The van der Waals surface area contributed by atoms with Gasteiger partial charge < -0.3 is 21.1 Å². The van der Waals surface area contributed by atoms with Crippen molar-refractivity contribution in [3.05, 3.63) is 47.5 Å². The lowest BCUT2D eigenvalue weighted by Crippen LogP contribution is -2.48. The van der Waals surface area contributed by atoms with Gasteiger partial charge in [-0.2, -0.15) is 4.99 Å². The fraction of sp³-hybridized carbons (Fsp3) is 0.273. The standard InChI is InChI=1S/C22H24ClN7O2/c1-32-19(31)13-29-8-10-30(11-9-29)16-5-2-14(3-6-16)20-17-12-15(23)4-7-18(17)26-22(27-20)28-21(24)25/h2-7,12H,8-11,13H2,1H3,(H4,24,25,26,27,28). The molecule has 0 amide bonds. The van der Waals surface area contributed by atoms with Crippen LogP contribution in [-0.4, -0.2) is 66.6 Å². The normalized spacial score (nSPS) is 14.4. The second kappa shape index (κ2) is 9.37. The first kappa shape index (κ1) is 21.8. The van der Waals surface area contributed by atoms with E-state index in [1.165, 1.54) is 7.11 Å². The molecule has 2 aromatic carbocycles. The Balaban J connectivity index is 1.58. The third-order valence-corrected chi connectivity index (χ3v) is 5.57. The summed E-state index contributed by atoms with van der Waals surface area (Å²) in [5.41, 5.74) is 14.4. The quantitative estimate of drug-likeness (QED) is 0.342.